The van der Waals surface area contributed by atoms with Crippen LogP contribution in [-0.4, -0.2) is 31.0 Å². The van der Waals surface area contributed by atoms with E-state index in [-0.39, 0.29) is 17.7 Å². The van der Waals surface area contributed by atoms with Crippen LogP contribution in [-0.2, 0) is 16.0 Å². The molecule has 2 amide bonds. The molecule has 0 spiro atoms. The Morgan fingerprint density at radius 3 is 2.53 bits per heavy atom. The van der Waals surface area contributed by atoms with Gasteiger partial charge in [-0.2, -0.15) is 0 Å². The Hall–Kier alpha value is -2.70. The number of fused-ring (bicyclic) bond motifs is 5. The lowest BCUT2D eigenvalue weighted by molar-refractivity contribution is -0.126. The third-order valence-corrected chi connectivity index (χ3v) is 6.89. The molecule has 1 saturated heterocycles. The molecule has 0 saturated carbocycles. The Kier molecular flexibility index (Phi) is 4.45. The predicted molar refractivity (Wildman–Crippen MR) is 114 cm³/mol. The van der Waals surface area contributed by atoms with E-state index in [9.17, 15) is 9.59 Å². The summed E-state index contributed by atoms with van der Waals surface area (Å²) < 4.78 is 10.7. The maximum absolute atomic E-state index is 12.9. The number of halogens is 2. The molecular weight excluding hydrogens is 427 g/mol. The van der Waals surface area contributed by atoms with Crippen molar-refractivity contribution in [1.82, 2.24) is 10.3 Å². The third-order valence-electron chi connectivity index (χ3n) is 6.17. The van der Waals surface area contributed by atoms with Crippen molar-refractivity contribution < 1.29 is 19.1 Å². The molecule has 2 heterocycles. The highest BCUT2D eigenvalue weighted by Gasteiger charge is 2.52. The van der Waals surface area contributed by atoms with E-state index in [4.69, 9.17) is 32.7 Å². The molecule has 2 N–H and O–H groups in total. The van der Waals surface area contributed by atoms with Gasteiger partial charge in [-0.05, 0) is 47.9 Å². The number of nitrogens with one attached hydrogen (secondary N) is 2. The maximum Gasteiger partial charge on any atom is 0.235 e. The lowest BCUT2D eigenvalue weighted by Crippen LogP contribution is -2.31. The van der Waals surface area contributed by atoms with Crippen LogP contribution in [0.5, 0.6) is 11.5 Å². The Bertz CT molecular complexity index is 1220. The fourth-order valence-corrected chi connectivity index (χ4v) is 5.62. The number of carbonyl (C=O) groups is 2. The molecule has 3 aromatic rings. The van der Waals surface area contributed by atoms with Crippen molar-refractivity contribution in [2.75, 3.05) is 14.2 Å². The van der Waals surface area contributed by atoms with E-state index in [1.165, 1.54) is 7.11 Å². The van der Waals surface area contributed by atoms with Crippen LogP contribution in [0.3, 0.4) is 0 Å². The first-order valence-electron chi connectivity index (χ1n) is 9.49. The van der Waals surface area contributed by atoms with Gasteiger partial charge in [0.15, 0.2) is 0 Å². The number of H-pyrrole nitrogens is 1. The molecule has 6 nitrogen and oxygen atoms in total. The second-order valence-corrected chi connectivity index (χ2v) is 8.36. The molecule has 1 aliphatic heterocycles. The maximum atomic E-state index is 12.9. The van der Waals surface area contributed by atoms with Crippen molar-refractivity contribution in [3.8, 4) is 11.5 Å². The van der Waals surface area contributed by atoms with Gasteiger partial charge in [-0.3, -0.25) is 14.9 Å². The summed E-state index contributed by atoms with van der Waals surface area (Å²) in [6, 6.07) is 9.06. The molecular formula is C22H18Cl2N2O4. The van der Waals surface area contributed by atoms with Crippen molar-refractivity contribution in [3.05, 3.63) is 57.2 Å². The van der Waals surface area contributed by atoms with Crippen molar-refractivity contribution in [3.63, 3.8) is 0 Å². The lowest BCUT2D eigenvalue weighted by atomic mass is 9.69. The summed E-state index contributed by atoms with van der Waals surface area (Å²) in [6.45, 7) is 0. The highest BCUT2D eigenvalue weighted by Crippen LogP contribution is 2.53. The number of hydrogen-bond donors (Lipinski definition) is 2. The number of aromatic amines is 1. The van der Waals surface area contributed by atoms with Crippen LogP contribution < -0.4 is 14.8 Å². The van der Waals surface area contributed by atoms with Gasteiger partial charge in [0.25, 0.3) is 0 Å². The molecule has 5 rings (SSSR count). The number of hydrogen-bond acceptors (Lipinski definition) is 4. The summed E-state index contributed by atoms with van der Waals surface area (Å²) in [4.78, 5) is 29.2. The molecule has 1 fully saturated rings. The molecule has 0 radical (unpaired) electrons. The Labute approximate surface area is 182 Å². The van der Waals surface area contributed by atoms with Gasteiger partial charge in [-0.15, -0.1) is 0 Å². The van der Waals surface area contributed by atoms with Crippen LogP contribution >= 0.6 is 23.2 Å². The molecule has 3 atom stereocenters. The standard InChI is InChI=1S/C22H18Cl2N2O4/c1-29-9-3-5-13-10(7-9)17-14(25-13)8-11(18-19(17)22(28)26-21(18)27)16-12(23)4-6-15(30-2)20(16)24/h3-7,11,18-19,25H,8H2,1-2H3,(H,26,27,28). The minimum absolute atomic E-state index is 0.310. The van der Waals surface area contributed by atoms with Gasteiger partial charge in [0.05, 0.1) is 31.1 Å². The minimum atomic E-state index is -0.634. The number of imide groups is 1. The van der Waals surface area contributed by atoms with Crippen LogP contribution in [0.4, 0.5) is 0 Å². The van der Waals surface area contributed by atoms with E-state index >= 15 is 0 Å². The summed E-state index contributed by atoms with van der Waals surface area (Å²) in [5, 5.41) is 4.20. The molecule has 30 heavy (non-hydrogen) atoms. The summed E-state index contributed by atoms with van der Waals surface area (Å²) in [7, 11) is 3.12. The van der Waals surface area contributed by atoms with Crippen molar-refractivity contribution in [1.29, 1.82) is 0 Å². The van der Waals surface area contributed by atoms with Crippen molar-refractivity contribution >= 4 is 45.9 Å². The van der Waals surface area contributed by atoms with Gasteiger partial charge in [-0.25, -0.2) is 0 Å². The van der Waals surface area contributed by atoms with E-state index in [0.29, 0.717) is 33.5 Å². The zero-order valence-corrected chi connectivity index (χ0v) is 17.7. The summed E-state index contributed by atoms with van der Waals surface area (Å²) >= 11 is 13.1. The summed E-state index contributed by atoms with van der Waals surface area (Å²) in [6.07, 6.45) is 0.487. The van der Waals surface area contributed by atoms with E-state index < -0.39 is 11.8 Å². The third kappa shape index (κ3) is 2.63. The fourth-order valence-electron chi connectivity index (χ4n) is 4.89. The molecule has 3 unspecified atom stereocenters. The lowest BCUT2D eigenvalue weighted by Gasteiger charge is -2.32. The number of amides is 2. The number of aromatic nitrogens is 1. The summed E-state index contributed by atoms with van der Waals surface area (Å²) in [5.74, 6) is -1.08. The molecule has 1 aliphatic carbocycles. The zero-order chi connectivity index (χ0) is 21.2. The first kappa shape index (κ1) is 19.3. The van der Waals surface area contributed by atoms with Crippen molar-refractivity contribution in [2.24, 2.45) is 5.92 Å². The molecule has 0 bridgehead atoms. The normalized spacial score (nSPS) is 22.6. The molecule has 154 valence electrons. The molecule has 1 aromatic heterocycles. The van der Waals surface area contributed by atoms with Crippen molar-refractivity contribution in [2.45, 2.75) is 18.3 Å². The summed E-state index contributed by atoms with van der Waals surface area (Å²) in [5.41, 5.74) is 3.24. The van der Waals surface area contributed by atoms with Gasteiger partial charge in [0.2, 0.25) is 11.8 Å². The van der Waals surface area contributed by atoms with E-state index in [2.05, 4.69) is 10.3 Å². The first-order valence-corrected chi connectivity index (χ1v) is 10.2. The number of ether oxygens (including phenoxy) is 2. The quantitative estimate of drug-likeness (QED) is 0.593. The van der Waals surface area contributed by atoms with E-state index in [1.807, 2.05) is 18.2 Å². The van der Waals surface area contributed by atoms with Gasteiger partial charge in [0, 0.05) is 27.5 Å². The number of carbonyl (C=O) groups excluding carboxylic acids is 2. The second-order valence-electron chi connectivity index (χ2n) is 7.57. The Balaban J connectivity index is 1.75. The van der Waals surface area contributed by atoms with Crippen LogP contribution in [0.1, 0.15) is 28.7 Å². The Morgan fingerprint density at radius 2 is 1.80 bits per heavy atom. The second kappa shape index (κ2) is 6.93. The highest BCUT2D eigenvalue weighted by atomic mass is 35.5. The highest BCUT2D eigenvalue weighted by molar-refractivity contribution is 6.37. The number of methoxy groups -OCH3 is 2. The van der Waals surface area contributed by atoms with Gasteiger partial charge in [-0.1, -0.05) is 23.2 Å². The minimum Gasteiger partial charge on any atom is -0.497 e. The number of benzene rings is 2. The van der Waals surface area contributed by atoms with Gasteiger partial charge in [0.1, 0.15) is 11.5 Å². The monoisotopic (exact) mass is 444 g/mol. The molecule has 2 aliphatic rings. The molecule has 2 aromatic carbocycles. The van der Waals surface area contributed by atoms with Gasteiger partial charge >= 0.3 is 0 Å². The average Bonchev–Trinajstić information content (AvgIpc) is 3.24. The van der Waals surface area contributed by atoms with Crippen LogP contribution in [0.25, 0.3) is 10.9 Å². The van der Waals surface area contributed by atoms with Crippen LogP contribution in [0, 0.1) is 5.92 Å². The van der Waals surface area contributed by atoms with Crippen LogP contribution in [0.15, 0.2) is 30.3 Å². The fraction of sp³-hybridized carbons (Fsp3) is 0.273. The van der Waals surface area contributed by atoms with Gasteiger partial charge < -0.3 is 14.5 Å². The predicted octanol–water partition coefficient (Wildman–Crippen LogP) is 4.19. The largest absolute Gasteiger partial charge is 0.497 e. The topological polar surface area (TPSA) is 80.4 Å². The zero-order valence-electron chi connectivity index (χ0n) is 16.2. The SMILES string of the molecule is COc1ccc2[nH]c3c(c2c1)C1C(=O)NC(=O)C1C(c1c(Cl)ccc(OC)c1Cl)C3. The first-order chi connectivity index (χ1) is 14.4. The van der Waals surface area contributed by atoms with E-state index in [1.54, 1.807) is 19.2 Å². The van der Waals surface area contributed by atoms with Crippen LogP contribution in [0.2, 0.25) is 10.0 Å². The van der Waals surface area contributed by atoms with E-state index in [0.717, 1.165) is 22.2 Å². The average molecular weight is 445 g/mol. The Morgan fingerprint density at radius 1 is 1.00 bits per heavy atom. The number of rotatable bonds is 3. The smallest absolute Gasteiger partial charge is 0.235 e. The molecule has 8 heteroatoms.